The van der Waals surface area contributed by atoms with Crippen LogP contribution >= 0.6 is 0 Å². The fraction of sp³-hybridized carbons (Fsp3) is 0.810. The number of hydrogen-bond donors (Lipinski definition) is 2. The first-order chi connectivity index (χ1) is 15.7. The number of aliphatic carboxylic acids is 2. The van der Waals surface area contributed by atoms with Crippen LogP contribution in [0.15, 0.2) is 0 Å². The molecule has 2 N–H and O–H groups in total. The van der Waals surface area contributed by atoms with E-state index in [1.165, 1.54) is 0 Å². The predicted molar refractivity (Wildman–Crippen MR) is 119 cm³/mol. The van der Waals surface area contributed by atoms with Crippen LogP contribution in [0.3, 0.4) is 0 Å². The van der Waals surface area contributed by atoms with E-state index in [1.807, 2.05) is 14.7 Å². The summed E-state index contributed by atoms with van der Waals surface area (Å²) in [6, 6.07) is 0. The molecular formula is C21H38N4O8. The number of carboxylic acids is 2. The minimum absolute atomic E-state index is 0.0118. The maximum atomic E-state index is 12.0. The molecule has 1 fully saturated rings. The van der Waals surface area contributed by atoms with Gasteiger partial charge in [0.05, 0.1) is 39.3 Å². The summed E-state index contributed by atoms with van der Waals surface area (Å²) in [5.74, 6) is -2.55. The molecule has 0 unspecified atom stereocenters. The zero-order valence-corrected chi connectivity index (χ0v) is 19.7. The summed E-state index contributed by atoms with van der Waals surface area (Å²) < 4.78 is 10.1. The molecule has 0 spiro atoms. The second kappa shape index (κ2) is 16.4. The lowest BCUT2D eigenvalue weighted by molar-refractivity contribution is -0.145. The number of carbonyl (C=O) groups excluding carboxylic acids is 2. The minimum atomic E-state index is -0.948. The third-order valence-electron chi connectivity index (χ3n) is 5.25. The topological polar surface area (TPSA) is 140 Å². The number of carbonyl (C=O) groups is 4. The van der Waals surface area contributed by atoms with Crippen molar-refractivity contribution in [3.05, 3.63) is 0 Å². The van der Waals surface area contributed by atoms with Crippen LogP contribution in [0.2, 0.25) is 0 Å². The van der Waals surface area contributed by atoms with Crippen molar-refractivity contribution >= 4 is 23.9 Å². The van der Waals surface area contributed by atoms with E-state index in [9.17, 15) is 24.3 Å². The first-order valence-corrected chi connectivity index (χ1v) is 11.4. The Bertz CT molecular complexity index is 597. The van der Waals surface area contributed by atoms with E-state index >= 15 is 0 Å². The normalized spacial score (nSPS) is 18.1. The molecule has 0 bridgehead atoms. The Morgan fingerprint density at radius 3 is 1.30 bits per heavy atom. The summed E-state index contributed by atoms with van der Waals surface area (Å²) in [7, 11) is 0. The molecule has 0 radical (unpaired) electrons. The molecule has 0 atom stereocenters. The van der Waals surface area contributed by atoms with Gasteiger partial charge in [-0.05, 0) is 13.8 Å². The third-order valence-corrected chi connectivity index (χ3v) is 5.25. The van der Waals surface area contributed by atoms with Gasteiger partial charge in [0, 0.05) is 58.9 Å². The Kier molecular flexibility index (Phi) is 14.2. The maximum absolute atomic E-state index is 12.0. The summed E-state index contributed by atoms with van der Waals surface area (Å²) in [6.45, 7) is 8.19. The predicted octanol–water partition coefficient (Wildman–Crippen LogP) is -1.11. The van der Waals surface area contributed by atoms with Gasteiger partial charge >= 0.3 is 23.9 Å². The van der Waals surface area contributed by atoms with E-state index in [1.54, 1.807) is 18.7 Å². The number of ether oxygens (including phenoxy) is 2. The summed E-state index contributed by atoms with van der Waals surface area (Å²) in [5.41, 5.74) is 0. The number of esters is 2. The van der Waals surface area contributed by atoms with Gasteiger partial charge in [-0.1, -0.05) is 0 Å². The lowest BCUT2D eigenvalue weighted by Crippen LogP contribution is -2.48. The van der Waals surface area contributed by atoms with Crippen molar-refractivity contribution < 1.29 is 38.9 Å². The SMILES string of the molecule is CCOC(=O)CN1CCN(CCC(=O)O)CCN(CC(=O)OCC)CCN(CC(=O)O)CC1. The number of hydrogen-bond acceptors (Lipinski definition) is 10. The second-order valence-electron chi connectivity index (χ2n) is 7.82. The first kappa shape index (κ1) is 28.8. The van der Waals surface area contributed by atoms with Crippen LogP contribution in [0.1, 0.15) is 20.3 Å². The first-order valence-electron chi connectivity index (χ1n) is 11.4. The van der Waals surface area contributed by atoms with Crippen molar-refractivity contribution in [1.82, 2.24) is 19.6 Å². The van der Waals surface area contributed by atoms with E-state index < -0.39 is 11.9 Å². The molecule has 1 rings (SSSR count). The molecule has 190 valence electrons. The molecule has 12 nitrogen and oxygen atoms in total. The van der Waals surface area contributed by atoms with Gasteiger partial charge in [0.1, 0.15) is 0 Å². The van der Waals surface area contributed by atoms with Crippen LogP contribution in [0.25, 0.3) is 0 Å². The van der Waals surface area contributed by atoms with Crippen LogP contribution in [0, 0.1) is 0 Å². The van der Waals surface area contributed by atoms with Crippen molar-refractivity contribution in [2.45, 2.75) is 20.3 Å². The van der Waals surface area contributed by atoms with Crippen LogP contribution < -0.4 is 0 Å². The van der Waals surface area contributed by atoms with Crippen molar-refractivity contribution in [1.29, 1.82) is 0 Å². The van der Waals surface area contributed by atoms with E-state index in [2.05, 4.69) is 0 Å². The Labute approximate surface area is 195 Å². The average Bonchev–Trinajstić information content (AvgIpc) is 2.72. The number of nitrogens with zero attached hydrogens (tertiary/aromatic N) is 4. The Morgan fingerprint density at radius 1 is 0.606 bits per heavy atom. The molecule has 0 amide bonds. The maximum Gasteiger partial charge on any atom is 0.320 e. The van der Waals surface area contributed by atoms with Crippen LogP contribution in [0.5, 0.6) is 0 Å². The van der Waals surface area contributed by atoms with E-state index in [-0.39, 0.29) is 51.2 Å². The van der Waals surface area contributed by atoms with Crippen LogP contribution in [0.4, 0.5) is 0 Å². The lowest BCUT2D eigenvalue weighted by atomic mass is 10.3. The highest BCUT2D eigenvalue weighted by Crippen LogP contribution is 2.03. The molecule has 0 saturated carbocycles. The third kappa shape index (κ3) is 13.8. The number of carboxylic acid groups (broad SMARTS) is 2. The average molecular weight is 475 g/mol. The highest BCUT2D eigenvalue weighted by molar-refractivity contribution is 5.72. The lowest BCUT2D eigenvalue weighted by Gasteiger charge is -2.33. The molecule has 1 aliphatic rings. The Hall–Kier alpha value is -2.28. The van der Waals surface area contributed by atoms with Gasteiger partial charge in [0.15, 0.2) is 0 Å². The highest BCUT2D eigenvalue weighted by atomic mass is 16.5. The fourth-order valence-electron chi connectivity index (χ4n) is 3.50. The molecule has 0 aromatic heterocycles. The summed E-state index contributed by atoms with van der Waals surface area (Å²) >= 11 is 0. The smallest absolute Gasteiger partial charge is 0.320 e. The zero-order chi connectivity index (χ0) is 24.6. The second-order valence-corrected chi connectivity index (χ2v) is 7.82. The van der Waals surface area contributed by atoms with Crippen molar-refractivity contribution in [2.24, 2.45) is 0 Å². The molecule has 1 heterocycles. The molecule has 0 aliphatic carbocycles. The summed E-state index contributed by atoms with van der Waals surface area (Å²) in [5, 5.41) is 18.4. The quantitative estimate of drug-likeness (QED) is 0.351. The molecular weight excluding hydrogens is 436 g/mol. The van der Waals surface area contributed by atoms with Gasteiger partial charge in [0.2, 0.25) is 0 Å². The summed E-state index contributed by atoms with van der Waals surface area (Å²) in [6.07, 6.45) is -0.0118. The van der Waals surface area contributed by atoms with Gasteiger partial charge in [-0.3, -0.25) is 33.9 Å². The molecule has 0 aromatic rings. The fourth-order valence-corrected chi connectivity index (χ4v) is 3.50. The standard InChI is InChI=1S/C21H38N4O8/c1-3-32-20(30)16-24-9-7-22(6-5-18(26)27)8-10-25(17-21(31)33-4-2)14-12-23(11-13-24)15-19(28)29/h3-17H2,1-2H3,(H,26,27)(H,28,29). The zero-order valence-electron chi connectivity index (χ0n) is 19.7. The highest BCUT2D eigenvalue weighted by Gasteiger charge is 2.21. The van der Waals surface area contributed by atoms with Crippen molar-refractivity contribution in [3.63, 3.8) is 0 Å². The monoisotopic (exact) mass is 474 g/mol. The largest absolute Gasteiger partial charge is 0.481 e. The molecule has 0 aromatic carbocycles. The van der Waals surface area contributed by atoms with Gasteiger partial charge in [-0.2, -0.15) is 0 Å². The summed E-state index contributed by atoms with van der Waals surface area (Å²) in [4.78, 5) is 54.1. The molecule has 1 aliphatic heterocycles. The van der Waals surface area contributed by atoms with Crippen molar-refractivity contribution in [3.8, 4) is 0 Å². The molecule has 1 saturated heterocycles. The van der Waals surface area contributed by atoms with Gasteiger partial charge < -0.3 is 24.6 Å². The van der Waals surface area contributed by atoms with E-state index in [0.717, 1.165) is 0 Å². The van der Waals surface area contributed by atoms with Gasteiger partial charge in [-0.25, -0.2) is 0 Å². The van der Waals surface area contributed by atoms with Crippen LogP contribution in [-0.2, 0) is 28.7 Å². The number of rotatable bonds is 11. The molecule has 12 heteroatoms. The van der Waals surface area contributed by atoms with Gasteiger partial charge in [0.25, 0.3) is 0 Å². The van der Waals surface area contributed by atoms with Crippen molar-refractivity contribution in [2.75, 3.05) is 91.8 Å². The minimum Gasteiger partial charge on any atom is -0.481 e. The van der Waals surface area contributed by atoms with Crippen LogP contribution in [-0.4, -0.2) is 145 Å². The van der Waals surface area contributed by atoms with E-state index in [4.69, 9.17) is 14.6 Å². The van der Waals surface area contributed by atoms with E-state index in [0.29, 0.717) is 58.9 Å². The van der Waals surface area contributed by atoms with Gasteiger partial charge in [-0.15, -0.1) is 0 Å². The Balaban J connectivity index is 2.95. The molecule has 33 heavy (non-hydrogen) atoms. The Morgan fingerprint density at radius 2 is 0.970 bits per heavy atom.